The predicted octanol–water partition coefficient (Wildman–Crippen LogP) is 0.672. The van der Waals surface area contributed by atoms with Crippen molar-refractivity contribution in [3.63, 3.8) is 0 Å². The van der Waals surface area contributed by atoms with Gasteiger partial charge in [-0.2, -0.15) is 0 Å². The van der Waals surface area contributed by atoms with Gasteiger partial charge >= 0.3 is 0 Å². The van der Waals surface area contributed by atoms with E-state index in [0.29, 0.717) is 0 Å². The number of amides is 1. The predicted molar refractivity (Wildman–Crippen MR) is 72.4 cm³/mol. The first-order chi connectivity index (χ1) is 9.32. The zero-order chi connectivity index (χ0) is 14.9. The van der Waals surface area contributed by atoms with Gasteiger partial charge in [-0.1, -0.05) is 6.07 Å². The van der Waals surface area contributed by atoms with Gasteiger partial charge in [0.25, 0.3) is 5.91 Å². The van der Waals surface area contributed by atoms with Crippen LogP contribution in [-0.2, 0) is 15.1 Å². The van der Waals surface area contributed by atoms with Crippen LogP contribution in [0.5, 0.6) is 0 Å². The molecule has 1 aliphatic rings. The van der Waals surface area contributed by atoms with E-state index in [1.165, 1.54) is 19.1 Å². The summed E-state index contributed by atoms with van der Waals surface area (Å²) in [7, 11) is 0. The van der Waals surface area contributed by atoms with Gasteiger partial charge in [-0.25, -0.2) is 4.39 Å². The van der Waals surface area contributed by atoms with Crippen molar-refractivity contribution >= 4 is 21.8 Å². The Balaban J connectivity index is 2.15. The van der Waals surface area contributed by atoms with E-state index in [2.05, 4.69) is 21.2 Å². The molecule has 3 atom stereocenters. The Kier molecular flexibility index (Phi) is 4.43. The van der Waals surface area contributed by atoms with E-state index in [9.17, 15) is 19.4 Å². The molecule has 5 nitrogen and oxygen atoms in total. The van der Waals surface area contributed by atoms with Crippen molar-refractivity contribution < 1.29 is 24.1 Å². The average Bonchev–Trinajstić information content (AvgIpc) is 2.78. The standard InChI is InChI=1S/C13H15BrFNO4/c1-13(19,7-2-3-9(15)8(14)4-7)12(18)16-10-5-20-6-11(10)17/h2-4,10-11,17,19H,5-6H2,1H3,(H,16,18)/t10-,11-,13?/m1/s1. The molecule has 0 aromatic heterocycles. The summed E-state index contributed by atoms with van der Waals surface area (Å²) in [6.45, 7) is 1.65. The largest absolute Gasteiger partial charge is 0.388 e. The van der Waals surface area contributed by atoms with Gasteiger partial charge in [0.2, 0.25) is 0 Å². The highest BCUT2D eigenvalue weighted by atomic mass is 79.9. The molecule has 0 aliphatic carbocycles. The minimum atomic E-state index is -1.83. The van der Waals surface area contributed by atoms with Crippen LogP contribution >= 0.6 is 15.9 Å². The first kappa shape index (κ1) is 15.4. The first-order valence-corrected chi connectivity index (χ1v) is 6.86. The third-order valence-corrected chi connectivity index (χ3v) is 3.90. The molecule has 110 valence electrons. The van der Waals surface area contributed by atoms with Crippen molar-refractivity contribution in [2.24, 2.45) is 0 Å². The minimum Gasteiger partial charge on any atom is -0.388 e. The summed E-state index contributed by atoms with van der Waals surface area (Å²) in [6, 6.07) is 3.28. The molecule has 0 saturated carbocycles. The first-order valence-electron chi connectivity index (χ1n) is 6.07. The SMILES string of the molecule is CC(O)(C(=O)N[C@@H]1COC[C@H]1O)c1ccc(F)c(Br)c1. The second-order valence-electron chi connectivity index (χ2n) is 4.89. The van der Waals surface area contributed by atoms with Crippen LogP contribution in [0.4, 0.5) is 4.39 Å². The van der Waals surface area contributed by atoms with Gasteiger partial charge in [0.1, 0.15) is 5.82 Å². The molecule has 0 bridgehead atoms. The highest BCUT2D eigenvalue weighted by molar-refractivity contribution is 9.10. The third kappa shape index (κ3) is 3.01. The van der Waals surface area contributed by atoms with Crippen LogP contribution in [0.2, 0.25) is 0 Å². The number of ether oxygens (including phenoxy) is 1. The van der Waals surface area contributed by atoms with Crippen molar-refractivity contribution in [2.75, 3.05) is 13.2 Å². The van der Waals surface area contributed by atoms with Gasteiger partial charge in [-0.3, -0.25) is 4.79 Å². The molecule has 1 aromatic rings. The number of rotatable bonds is 3. The maximum atomic E-state index is 13.2. The number of halogens is 2. The fraction of sp³-hybridized carbons (Fsp3) is 0.462. The molecule has 1 heterocycles. The lowest BCUT2D eigenvalue weighted by Gasteiger charge is -2.25. The van der Waals surface area contributed by atoms with Crippen LogP contribution in [0, 0.1) is 5.82 Å². The van der Waals surface area contributed by atoms with Gasteiger partial charge in [0.15, 0.2) is 5.60 Å². The molecule has 0 radical (unpaired) electrons. The summed E-state index contributed by atoms with van der Waals surface area (Å²) in [6.07, 6.45) is -0.797. The van der Waals surface area contributed by atoms with E-state index in [1.807, 2.05) is 0 Å². The second-order valence-corrected chi connectivity index (χ2v) is 5.74. The summed E-state index contributed by atoms with van der Waals surface area (Å²) >= 11 is 3.01. The molecule has 1 fully saturated rings. The van der Waals surface area contributed by atoms with E-state index in [4.69, 9.17) is 4.74 Å². The van der Waals surface area contributed by atoms with Gasteiger partial charge in [-0.15, -0.1) is 0 Å². The van der Waals surface area contributed by atoms with Crippen molar-refractivity contribution in [2.45, 2.75) is 24.7 Å². The monoisotopic (exact) mass is 347 g/mol. The fourth-order valence-corrected chi connectivity index (χ4v) is 2.30. The van der Waals surface area contributed by atoms with Gasteiger partial charge in [-0.05, 0) is 40.5 Å². The summed E-state index contributed by atoms with van der Waals surface area (Å²) in [5.41, 5.74) is -1.59. The topological polar surface area (TPSA) is 78.8 Å². The molecule has 1 amide bonds. The molecule has 1 aliphatic heterocycles. The lowest BCUT2D eigenvalue weighted by atomic mass is 9.94. The van der Waals surface area contributed by atoms with Crippen LogP contribution in [0.1, 0.15) is 12.5 Å². The Labute approximate surface area is 123 Å². The number of carbonyl (C=O) groups is 1. The van der Waals surface area contributed by atoms with Crippen LogP contribution in [0.3, 0.4) is 0 Å². The van der Waals surface area contributed by atoms with Crippen LogP contribution in [-0.4, -0.2) is 41.5 Å². The zero-order valence-electron chi connectivity index (χ0n) is 10.8. The second kappa shape index (κ2) is 5.77. The lowest BCUT2D eigenvalue weighted by Crippen LogP contribution is -2.50. The normalized spacial score (nSPS) is 25.2. The van der Waals surface area contributed by atoms with E-state index < -0.39 is 29.5 Å². The molecule has 0 spiro atoms. The number of carbonyl (C=O) groups excluding carboxylic acids is 1. The fourth-order valence-electron chi connectivity index (χ4n) is 1.92. The molecular weight excluding hydrogens is 333 g/mol. The Hall–Kier alpha value is -1.02. The Morgan fingerprint density at radius 2 is 2.25 bits per heavy atom. The van der Waals surface area contributed by atoms with Crippen molar-refractivity contribution in [3.05, 3.63) is 34.1 Å². The number of benzene rings is 1. The molecule has 2 rings (SSSR count). The molecule has 1 unspecified atom stereocenters. The van der Waals surface area contributed by atoms with Crippen molar-refractivity contribution in [1.82, 2.24) is 5.32 Å². The van der Waals surface area contributed by atoms with Crippen LogP contribution in [0.25, 0.3) is 0 Å². The Morgan fingerprint density at radius 3 is 2.80 bits per heavy atom. The zero-order valence-corrected chi connectivity index (χ0v) is 12.4. The molecule has 7 heteroatoms. The van der Waals surface area contributed by atoms with E-state index >= 15 is 0 Å². The van der Waals surface area contributed by atoms with Gasteiger partial charge < -0.3 is 20.3 Å². The molecular formula is C13H15BrFNO4. The maximum absolute atomic E-state index is 13.2. The van der Waals surface area contributed by atoms with Gasteiger partial charge in [0, 0.05) is 0 Å². The smallest absolute Gasteiger partial charge is 0.256 e. The molecule has 1 aromatic carbocycles. The van der Waals surface area contributed by atoms with E-state index in [0.717, 1.165) is 6.07 Å². The van der Waals surface area contributed by atoms with Gasteiger partial charge in [0.05, 0.1) is 29.8 Å². The lowest BCUT2D eigenvalue weighted by molar-refractivity contribution is -0.140. The highest BCUT2D eigenvalue weighted by Gasteiger charge is 2.37. The Morgan fingerprint density at radius 1 is 1.55 bits per heavy atom. The quantitative estimate of drug-likeness (QED) is 0.750. The highest BCUT2D eigenvalue weighted by Crippen LogP contribution is 2.26. The average molecular weight is 348 g/mol. The number of hydrogen-bond donors (Lipinski definition) is 3. The summed E-state index contributed by atoms with van der Waals surface area (Å²) in [4.78, 5) is 12.1. The molecule has 1 saturated heterocycles. The summed E-state index contributed by atoms with van der Waals surface area (Å²) in [5, 5.41) is 22.4. The number of aliphatic hydroxyl groups excluding tert-OH is 1. The number of hydrogen-bond acceptors (Lipinski definition) is 4. The number of nitrogens with one attached hydrogen (secondary N) is 1. The number of aliphatic hydroxyl groups is 2. The summed E-state index contributed by atoms with van der Waals surface area (Å²) in [5.74, 6) is -1.16. The molecule has 20 heavy (non-hydrogen) atoms. The van der Waals surface area contributed by atoms with Crippen molar-refractivity contribution in [3.8, 4) is 0 Å². The minimum absolute atomic E-state index is 0.148. The van der Waals surface area contributed by atoms with Crippen molar-refractivity contribution in [1.29, 1.82) is 0 Å². The van der Waals surface area contributed by atoms with Crippen LogP contribution in [0.15, 0.2) is 22.7 Å². The maximum Gasteiger partial charge on any atom is 0.256 e. The van der Waals surface area contributed by atoms with Crippen LogP contribution < -0.4 is 5.32 Å². The molecule has 3 N–H and O–H groups in total. The Bertz CT molecular complexity index is 523. The van der Waals surface area contributed by atoms with E-state index in [1.54, 1.807) is 0 Å². The summed E-state index contributed by atoms with van der Waals surface area (Å²) < 4.78 is 18.4. The van der Waals surface area contributed by atoms with E-state index in [-0.39, 0.29) is 23.2 Å². The third-order valence-electron chi connectivity index (χ3n) is 3.29.